The number of fused-ring (bicyclic) bond motifs is 1. The minimum Gasteiger partial charge on any atom is -0.497 e. The van der Waals surface area contributed by atoms with Crippen LogP contribution in [0.15, 0.2) is 48.9 Å². The van der Waals surface area contributed by atoms with Gasteiger partial charge < -0.3 is 19.3 Å². The van der Waals surface area contributed by atoms with Crippen molar-refractivity contribution in [3.8, 4) is 22.8 Å². The Balaban J connectivity index is 0.00000320. The number of anilines is 2. The van der Waals surface area contributed by atoms with Gasteiger partial charge in [-0.05, 0) is 64.0 Å². The fraction of sp³-hybridized carbons (Fsp3) is 0.393. The number of halogens is 1. The average molecular weight is 523 g/mol. The van der Waals surface area contributed by atoms with Crippen LogP contribution in [0.5, 0.6) is 11.5 Å². The molecule has 0 N–H and O–H groups in total. The first-order chi connectivity index (χ1) is 17.6. The van der Waals surface area contributed by atoms with E-state index >= 15 is 0 Å². The number of nitrogens with zero attached hydrogens (tertiary/aromatic N) is 6. The van der Waals surface area contributed by atoms with Crippen LogP contribution in [0.1, 0.15) is 24.8 Å². The van der Waals surface area contributed by atoms with E-state index in [1.807, 2.05) is 37.8 Å². The highest BCUT2D eigenvalue weighted by Crippen LogP contribution is 2.38. The fourth-order valence-corrected chi connectivity index (χ4v) is 4.97. The zero-order valence-corrected chi connectivity index (χ0v) is 22.8. The van der Waals surface area contributed by atoms with E-state index in [-0.39, 0.29) is 12.4 Å². The van der Waals surface area contributed by atoms with Crippen LogP contribution in [-0.2, 0) is 7.05 Å². The molecule has 37 heavy (non-hydrogen) atoms. The first-order valence-electron chi connectivity index (χ1n) is 12.5. The molecule has 196 valence electrons. The molecule has 3 heterocycles. The summed E-state index contributed by atoms with van der Waals surface area (Å²) >= 11 is 0. The molecule has 0 aliphatic carbocycles. The second kappa shape index (κ2) is 11.8. The van der Waals surface area contributed by atoms with Crippen molar-refractivity contribution < 1.29 is 9.47 Å². The van der Waals surface area contributed by atoms with Gasteiger partial charge in [0.1, 0.15) is 11.5 Å². The van der Waals surface area contributed by atoms with Gasteiger partial charge in [0.05, 0.1) is 49.0 Å². The SMILES string of the molecule is COc1cc(OC)c(C)c(N(CCCN2CCCC2)c2ccc3ncc(-c4cnn(C)c4)nc3c2)c1.Cl. The van der Waals surface area contributed by atoms with Crippen molar-refractivity contribution >= 4 is 34.8 Å². The maximum atomic E-state index is 5.69. The molecule has 0 spiro atoms. The van der Waals surface area contributed by atoms with E-state index in [1.165, 1.54) is 25.9 Å². The van der Waals surface area contributed by atoms with Gasteiger partial charge in [0.2, 0.25) is 0 Å². The number of aromatic nitrogens is 4. The number of methoxy groups -OCH3 is 2. The van der Waals surface area contributed by atoms with E-state index in [0.717, 1.165) is 70.2 Å². The molecule has 0 saturated carbocycles. The molecule has 9 heteroatoms. The molecule has 0 atom stereocenters. The number of aryl methyl sites for hydroxylation is 1. The molecule has 1 saturated heterocycles. The van der Waals surface area contributed by atoms with Crippen molar-refractivity contribution in [3.63, 3.8) is 0 Å². The minimum absolute atomic E-state index is 0. The van der Waals surface area contributed by atoms with Crippen LogP contribution in [0.25, 0.3) is 22.3 Å². The van der Waals surface area contributed by atoms with E-state index < -0.39 is 0 Å². The van der Waals surface area contributed by atoms with Crippen LogP contribution in [-0.4, -0.2) is 65.0 Å². The fourth-order valence-electron chi connectivity index (χ4n) is 4.97. The van der Waals surface area contributed by atoms with Gasteiger partial charge in [0.25, 0.3) is 0 Å². The van der Waals surface area contributed by atoms with E-state index in [1.54, 1.807) is 18.9 Å². The first-order valence-corrected chi connectivity index (χ1v) is 12.5. The highest BCUT2D eigenvalue weighted by molar-refractivity contribution is 5.85. The smallest absolute Gasteiger partial charge is 0.127 e. The van der Waals surface area contributed by atoms with Gasteiger partial charge in [-0.25, -0.2) is 4.98 Å². The Bertz CT molecular complexity index is 1350. The third kappa shape index (κ3) is 5.81. The number of hydrogen-bond acceptors (Lipinski definition) is 7. The van der Waals surface area contributed by atoms with E-state index in [0.29, 0.717) is 0 Å². The van der Waals surface area contributed by atoms with Crippen molar-refractivity contribution in [1.82, 2.24) is 24.6 Å². The van der Waals surface area contributed by atoms with Gasteiger partial charge in [0.15, 0.2) is 0 Å². The lowest BCUT2D eigenvalue weighted by Crippen LogP contribution is -2.26. The molecular formula is C28H35ClN6O2. The van der Waals surface area contributed by atoms with Crippen molar-refractivity contribution in [2.45, 2.75) is 26.2 Å². The third-order valence-corrected chi connectivity index (χ3v) is 6.95. The molecule has 0 unspecified atom stereocenters. The number of ether oxygens (including phenoxy) is 2. The summed E-state index contributed by atoms with van der Waals surface area (Å²) in [5, 5.41) is 4.28. The molecule has 1 aliphatic rings. The highest BCUT2D eigenvalue weighted by Gasteiger charge is 2.19. The van der Waals surface area contributed by atoms with E-state index in [4.69, 9.17) is 14.5 Å². The molecule has 0 radical (unpaired) electrons. The summed E-state index contributed by atoms with van der Waals surface area (Å²) in [7, 11) is 5.30. The Morgan fingerprint density at radius 3 is 2.51 bits per heavy atom. The number of hydrogen-bond donors (Lipinski definition) is 0. The lowest BCUT2D eigenvalue weighted by Gasteiger charge is -2.29. The molecule has 2 aromatic heterocycles. The molecule has 5 rings (SSSR count). The normalized spacial score (nSPS) is 13.5. The van der Waals surface area contributed by atoms with Crippen molar-refractivity contribution in [3.05, 3.63) is 54.5 Å². The predicted molar refractivity (Wildman–Crippen MR) is 151 cm³/mol. The summed E-state index contributed by atoms with van der Waals surface area (Å²) in [6.45, 7) is 6.47. The summed E-state index contributed by atoms with van der Waals surface area (Å²) in [5.41, 5.74) is 6.70. The largest absolute Gasteiger partial charge is 0.497 e. The third-order valence-electron chi connectivity index (χ3n) is 6.95. The molecule has 1 fully saturated rings. The quantitative estimate of drug-likeness (QED) is 0.291. The van der Waals surface area contributed by atoms with Crippen LogP contribution in [0.2, 0.25) is 0 Å². The van der Waals surface area contributed by atoms with Gasteiger partial charge in [-0.15, -0.1) is 12.4 Å². The van der Waals surface area contributed by atoms with E-state index in [9.17, 15) is 0 Å². The molecule has 1 aliphatic heterocycles. The van der Waals surface area contributed by atoms with Crippen molar-refractivity contribution in [2.75, 3.05) is 45.3 Å². The Morgan fingerprint density at radius 1 is 1.00 bits per heavy atom. The Morgan fingerprint density at radius 2 is 1.81 bits per heavy atom. The number of likely N-dealkylation sites (tertiary alicyclic amines) is 1. The summed E-state index contributed by atoms with van der Waals surface area (Å²) in [6, 6.07) is 10.3. The Hall–Kier alpha value is -3.36. The van der Waals surface area contributed by atoms with Gasteiger partial charge in [-0.2, -0.15) is 5.10 Å². The Kier molecular flexibility index (Phi) is 8.51. The summed E-state index contributed by atoms with van der Waals surface area (Å²) in [5.74, 6) is 1.59. The van der Waals surface area contributed by atoms with Crippen molar-refractivity contribution in [2.24, 2.45) is 7.05 Å². The summed E-state index contributed by atoms with van der Waals surface area (Å²) in [4.78, 5) is 14.5. The maximum Gasteiger partial charge on any atom is 0.127 e. The molecule has 4 aromatic rings. The van der Waals surface area contributed by atoms with Gasteiger partial charge >= 0.3 is 0 Å². The molecule has 0 bridgehead atoms. The van der Waals surface area contributed by atoms with Gasteiger partial charge in [-0.1, -0.05) is 0 Å². The standard InChI is InChI=1S/C28H34N6O2.ClH/c1-20-27(15-23(35-3)16-28(20)36-4)34(13-7-12-33-10-5-6-11-33)22-8-9-24-25(14-22)31-26(18-29-24)21-17-30-32(2)19-21;/h8-9,14-19H,5-7,10-13H2,1-4H3;1H. The number of rotatable bonds is 9. The zero-order valence-electron chi connectivity index (χ0n) is 22.0. The number of benzene rings is 2. The van der Waals surface area contributed by atoms with E-state index in [2.05, 4.69) is 45.0 Å². The molecule has 0 amide bonds. The first kappa shape index (κ1) is 26.7. The molecular weight excluding hydrogens is 488 g/mol. The van der Waals surface area contributed by atoms with Gasteiger partial charge in [-0.3, -0.25) is 9.67 Å². The molecule has 8 nitrogen and oxygen atoms in total. The van der Waals surface area contributed by atoms with Crippen molar-refractivity contribution in [1.29, 1.82) is 0 Å². The lowest BCUT2D eigenvalue weighted by molar-refractivity contribution is 0.335. The monoisotopic (exact) mass is 522 g/mol. The summed E-state index contributed by atoms with van der Waals surface area (Å²) in [6.07, 6.45) is 9.24. The minimum atomic E-state index is 0. The van der Waals surface area contributed by atoms with Crippen LogP contribution in [0.4, 0.5) is 11.4 Å². The molecule has 2 aromatic carbocycles. The van der Waals surface area contributed by atoms with Crippen LogP contribution in [0.3, 0.4) is 0 Å². The van der Waals surface area contributed by atoms with Gasteiger partial charge in [0, 0.05) is 48.7 Å². The maximum absolute atomic E-state index is 5.69. The Labute approximate surface area is 224 Å². The van der Waals surface area contributed by atoms with Crippen LogP contribution >= 0.6 is 12.4 Å². The van der Waals surface area contributed by atoms with Crippen LogP contribution < -0.4 is 14.4 Å². The second-order valence-electron chi connectivity index (χ2n) is 9.36. The predicted octanol–water partition coefficient (Wildman–Crippen LogP) is 5.40. The van der Waals surface area contributed by atoms with Crippen LogP contribution in [0, 0.1) is 6.92 Å². The summed E-state index contributed by atoms with van der Waals surface area (Å²) < 4.78 is 13.1. The highest BCUT2D eigenvalue weighted by atomic mass is 35.5. The topological polar surface area (TPSA) is 68.5 Å². The average Bonchev–Trinajstić information content (AvgIpc) is 3.58. The lowest BCUT2D eigenvalue weighted by atomic mass is 10.1. The zero-order chi connectivity index (χ0) is 25.1. The second-order valence-corrected chi connectivity index (χ2v) is 9.36.